The first-order valence-electron chi connectivity index (χ1n) is 35.8. The summed E-state index contributed by atoms with van der Waals surface area (Å²) in [5.74, 6) is -3.44. The van der Waals surface area contributed by atoms with Gasteiger partial charge in [0, 0.05) is 27.7 Å². The average molecular weight is 1640 g/mol. The first kappa shape index (κ1) is 90.5. The summed E-state index contributed by atoms with van der Waals surface area (Å²) >= 11 is 0. The third-order valence-electron chi connectivity index (χ3n) is 20.8. The molecule has 0 bridgehead atoms. The Kier molecular flexibility index (Phi) is 31.1. The number of fused-ring (bicyclic) bond motifs is 1. The largest absolute Gasteiger partial charge is 0.394 e. The minimum absolute atomic E-state index is 0.657. The number of amides is 4. The number of carbonyl (C=O) groups is 4. The van der Waals surface area contributed by atoms with Crippen molar-refractivity contribution in [1.82, 2.24) is 26.6 Å². The van der Waals surface area contributed by atoms with Gasteiger partial charge in [0.25, 0.3) is 0 Å². The van der Waals surface area contributed by atoms with Gasteiger partial charge < -0.3 is 224 Å². The topological polar surface area (TPSA) is 781 Å². The van der Waals surface area contributed by atoms with Crippen molar-refractivity contribution in [2.75, 3.05) is 59.5 Å². The molecule has 0 aliphatic carbocycles. The Morgan fingerprint density at radius 2 is 0.580 bits per heavy atom. The van der Waals surface area contributed by atoms with E-state index in [0.29, 0.717) is 0 Å². The molecule has 10 aliphatic rings. The molecule has 50 heteroatoms. The van der Waals surface area contributed by atoms with E-state index in [1.807, 2.05) is 0 Å². The zero-order valence-electron chi connectivity index (χ0n) is 60.1. The lowest BCUT2D eigenvalue weighted by atomic mass is 9.94. The van der Waals surface area contributed by atoms with Crippen LogP contribution in [0.25, 0.3) is 0 Å². The first-order valence-corrected chi connectivity index (χ1v) is 35.8. The Labute approximate surface area is 633 Å². The second-order valence-electron chi connectivity index (χ2n) is 28.6. The lowest BCUT2D eigenvalue weighted by Crippen LogP contribution is -2.70. The highest BCUT2D eigenvalue weighted by molar-refractivity contribution is 5.75. The lowest BCUT2D eigenvalue weighted by molar-refractivity contribution is -0.398. The van der Waals surface area contributed by atoms with Gasteiger partial charge in [-0.2, -0.15) is 0 Å². The molecule has 0 aromatic rings. The molecule has 10 heterocycles. The second kappa shape index (κ2) is 38.5. The number of hydrogen-bond acceptors (Lipinski definition) is 46. The van der Waals surface area contributed by atoms with Crippen molar-refractivity contribution in [3.05, 3.63) is 0 Å². The van der Waals surface area contributed by atoms with Gasteiger partial charge >= 0.3 is 0 Å². The van der Waals surface area contributed by atoms with Gasteiger partial charge in [-0.3, -0.25) is 24.5 Å². The Balaban J connectivity index is 0.971. The monoisotopic (exact) mass is 1640 g/mol. The quantitative estimate of drug-likeness (QED) is 0.0309. The highest BCUT2D eigenvalue weighted by Crippen LogP contribution is 2.43. The summed E-state index contributed by atoms with van der Waals surface area (Å²) in [6, 6.07) is -5.70. The van der Waals surface area contributed by atoms with Crippen molar-refractivity contribution in [1.29, 1.82) is 0 Å². The van der Waals surface area contributed by atoms with E-state index in [4.69, 9.17) is 80.5 Å². The molecule has 0 aromatic carbocycles. The summed E-state index contributed by atoms with van der Waals surface area (Å²) in [5, 5.41) is 279. The summed E-state index contributed by atoms with van der Waals surface area (Å²) < 4.78 is 101. The summed E-state index contributed by atoms with van der Waals surface area (Å²) in [7, 11) is 0. The average Bonchev–Trinajstić information content (AvgIpc) is 1.55. The number of hydrogen-bond donors (Lipinski definition) is 29. The van der Waals surface area contributed by atoms with Crippen LogP contribution in [-0.2, 0) is 99.7 Å². The number of carbonyl (C=O) groups excluding carboxylic acids is 4. The zero-order chi connectivity index (χ0) is 82.1. The van der Waals surface area contributed by atoms with Crippen LogP contribution in [0.15, 0.2) is 0 Å². The van der Waals surface area contributed by atoms with E-state index in [2.05, 4.69) is 26.6 Å². The van der Waals surface area contributed by atoms with Crippen LogP contribution in [0.1, 0.15) is 27.7 Å². The van der Waals surface area contributed by atoms with Crippen LogP contribution in [0.2, 0.25) is 0 Å². The van der Waals surface area contributed by atoms with Crippen LogP contribution in [0.4, 0.5) is 0 Å². The summed E-state index contributed by atoms with van der Waals surface area (Å²) in [6.45, 7) is -5.63. The van der Waals surface area contributed by atoms with Gasteiger partial charge in [-0.15, -0.1) is 0 Å². The highest BCUT2D eigenvalue weighted by Gasteiger charge is 2.69. The Morgan fingerprint density at radius 3 is 0.946 bits per heavy atom. The molecule has 0 aromatic heterocycles. The number of aliphatic hydroxyl groups excluding tert-OH is 24. The molecule has 10 saturated heterocycles. The number of nitrogens with one attached hydrogen (secondary N) is 5. The molecule has 10 fully saturated rings. The fraction of sp³-hybridized carbons (Fsp3) is 0.935. The standard InChI is InChI=1S/C62H103N5O45/c1-14(76)63-27-35(85)47(24(11-74)101-53(27)109-48-25(12-75)105-61-62(67-61,52(48)95)66-17(4)79)108-58-44(94)49(110-60-51(41(91)33(83)21(8-71)100-60)112-55-29(65-16(3)78)37(87)46(23(10-73)103-55)107-57-43(93)39(89)31(81)19(6-69)98-57)34(84)26(104-58)13-96-59-50(40(90)32(82)20(7-70)99-59)111-54-28(64-15(2)77)36(86)45(22(9-72)102-54)106-56-42(92)38(88)30(80)18(5-68)97-56/h18-61,67-75,80-95H,5-13H2,1-4H3,(H,63,76)(H,64,77)(H,65,78)(H,66,79)/t18-,19-,20-,21-,22-,23-,24-,25-,26-,27-,28-,29-,30+,31+,32-,33-,34-,35-,36-,37-,38+,39+,40+,41+,42-,43-,44+,45-,46-,47-,48-,49+,50+,51+,52+,53+,54+,55+,56+,57+,58+,59+,60-,61+,62+/m1/s1. The minimum atomic E-state index is -2.55. The maximum absolute atomic E-state index is 13.0. The molecule has 646 valence electrons. The summed E-state index contributed by atoms with van der Waals surface area (Å²) in [6.07, 6.45) is -83.2. The predicted octanol–water partition coefficient (Wildman–Crippen LogP) is -20.1. The van der Waals surface area contributed by atoms with Crippen molar-refractivity contribution in [3.8, 4) is 0 Å². The van der Waals surface area contributed by atoms with E-state index in [1.54, 1.807) is 0 Å². The molecule has 0 radical (unpaired) electrons. The Bertz CT molecular complexity index is 3050. The Morgan fingerprint density at radius 1 is 0.286 bits per heavy atom. The van der Waals surface area contributed by atoms with Gasteiger partial charge in [0.05, 0.1) is 59.5 Å². The van der Waals surface area contributed by atoms with Crippen LogP contribution in [0, 0.1) is 0 Å². The van der Waals surface area contributed by atoms with E-state index in [-0.39, 0.29) is 0 Å². The summed E-state index contributed by atoms with van der Waals surface area (Å²) in [4.78, 5) is 51.1. The highest BCUT2D eigenvalue weighted by atomic mass is 16.8. The summed E-state index contributed by atoms with van der Waals surface area (Å²) in [5.41, 5.74) is -1.70. The predicted molar refractivity (Wildman–Crippen MR) is 343 cm³/mol. The molecule has 10 rings (SSSR count). The van der Waals surface area contributed by atoms with Crippen LogP contribution < -0.4 is 26.6 Å². The van der Waals surface area contributed by atoms with E-state index < -0.39 is 359 Å². The maximum atomic E-state index is 13.0. The van der Waals surface area contributed by atoms with E-state index in [1.165, 1.54) is 0 Å². The maximum Gasteiger partial charge on any atom is 0.218 e. The number of aliphatic hydroxyl groups is 24. The SMILES string of the molecule is CC(=O)N[C@H]1[C@H](O[C@@H]2[C@@H](CO)O[C@@H]3N[C@@]3(NC(C)=O)[C@H]2O)O[C@H](CO)[C@@H](O[C@@H]2O[C@H](CO[C@H]3O[C@H](CO)[C@@H](O)[C@H](O)[C@@H]3O[C@@H]3O[C@H](CO)[C@@H](O[C@@H]4O[C@H](CO)[C@H](O)[C@H](O)[C@H]4O)[C@H](O)[C@H]3NC(C)=O)[C@@H](O)[C@H](O[C@H]3O[C@H](CO)[C@@H](O)[C@H](O)[C@@H]3O[C@@H]3O[C@H](CO)[C@@H](O[C@@H]4O[C@H](CO)[C@H](O)[C@H](O)[C@H]4O)[C@H](O)[C@H]3NC(C)=O)[C@@H]2O)[C@@H]1O. The molecule has 0 unspecified atom stereocenters. The normalized spacial score (nSPS) is 49.9. The minimum Gasteiger partial charge on any atom is -0.394 e. The van der Waals surface area contributed by atoms with E-state index >= 15 is 0 Å². The second-order valence-corrected chi connectivity index (χ2v) is 28.6. The molecular weight excluding hydrogens is 1530 g/mol. The van der Waals surface area contributed by atoms with Crippen LogP contribution in [0.5, 0.6) is 0 Å². The van der Waals surface area contributed by atoms with E-state index in [9.17, 15) is 142 Å². The molecule has 0 saturated carbocycles. The van der Waals surface area contributed by atoms with E-state index in [0.717, 1.165) is 27.7 Å². The molecule has 29 N–H and O–H groups in total. The van der Waals surface area contributed by atoms with Crippen molar-refractivity contribution < 1.29 is 222 Å². The third kappa shape index (κ3) is 18.9. The van der Waals surface area contributed by atoms with Gasteiger partial charge in [-0.25, -0.2) is 0 Å². The zero-order valence-corrected chi connectivity index (χ0v) is 60.1. The van der Waals surface area contributed by atoms with Gasteiger partial charge in [0.1, 0.15) is 220 Å². The number of rotatable bonds is 29. The van der Waals surface area contributed by atoms with Crippen molar-refractivity contribution in [3.63, 3.8) is 0 Å². The lowest BCUT2D eigenvalue weighted by Gasteiger charge is -2.51. The smallest absolute Gasteiger partial charge is 0.218 e. The molecule has 4 amide bonds. The molecule has 112 heavy (non-hydrogen) atoms. The fourth-order valence-electron chi connectivity index (χ4n) is 14.9. The van der Waals surface area contributed by atoms with Crippen LogP contribution >= 0.6 is 0 Å². The molecular formula is C62H103N5O45. The van der Waals surface area contributed by atoms with Gasteiger partial charge in [-0.05, 0) is 0 Å². The third-order valence-corrected chi connectivity index (χ3v) is 20.8. The van der Waals surface area contributed by atoms with Crippen molar-refractivity contribution in [2.45, 2.75) is 303 Å². The van der Waals surface area contributed by atoms with Crippen LogP contribution in [-0.4, -0.2) is 481 Å². The Hall–Kier alpha value is -3.80. The molecule has 45 atom stereocenters. The fourth-order valence-corrected chi connectivity index (χ4v) is 14.9. The molecule has 10 aliphatic heterocycles. The first-order chi connectivity index (χ1) is 53.0. The van der Waals surface area contributed by atoms with Crippen molar-refractivity contribution in [2.24, 2.45) is 0 Å². The van der Waals surface area contributed by atoms with Gasteiger partial charge in [0.15, 0.2) is 56.0 Å². The van der Waals surface area contributed by atoms with Crippen molar-refractivity contribution >= 4 is 23.6 Å². The van der Waals surface area contributed by atoms with Gasteiger partial charge in [0.2, 0.25) is 23.6 Å². The molecule has 50 nitrogen and oxygen atoms in total. The van der Waals surface area contributed by atoms with Crippen LogP contribution in [0.3, 0.4) is 0 Å². The van der Waals surface area contributed by atoms with Gasteiger partial charge in [-0.1, -0.05) is 0 Å². The number of ether oxygens (including phenoxy) is 17. The molecule has 0 spiro atoms.